The van der Waals surface area contributed by atoms with E-state index in [0.717, 1.165) is 33.3 Å². The molecule has 2 N–H and O–H groups in total. The van der Waals surface area contributed by atoms with Crippen molar-refractivity contribution < 1.29 is 9.53 Å². The number of fused-ring (bicyclic) bond motifs is 1. The summed E-state index contributed by atoms with van der Waals surface area (Å²) < 4.78 is 5.25. The van der Waals surface area contributed by atoms with Gasteiger partial charge in [-0.2, -0.15) is 0 Å². The molecule has 0 fully saturated rings. The van der Waals surface area contributed by atoms with Gasteiger partial charge in [-0.05, 0) is 49.5 Å². The number of aromatic nitrogens is 4. The number of likely N-dealkylation sites (N-methyl/N-ethyl adjacent to an activating group) is 1. The number of carbonyl (C=O) groups excluding carboxylic acids is 1. The van der Waals surface area contributed by atoms with E-state index in [4.69, 9.17) is 4.74 Å². The van der Waals surface area contributed by atoms with E-state index >= 15 is 0 Å². The normalized spacial score (nSPS) is 11.4. The Morgan fingerprint density at radius 1 is 1.09 bits per heavy atom. The minimum Gasteiger partial charge on any atom is -0.481 e. The van der Waals surface area contributed by atoms with Gasteiger partial charge in [-0.1, -0.05) is 6.08 Å². The molecule has 4 aromatic heterocycles. The lowest BCUT2D eigenvalue weighted by atomic mass is 10.0. The number of pyridine rings is 3. The summed E-state index contributed by atoms with van der Waals surface area (Å²) in [5.74, 6) is 0.815. The van der Waals surface area contributed by atoms with E-state index in [-0.39, 0.29) is 5.91 Å². The van der Waals surface area contributed by atoms with Gasteiger partial charge in [0.05, 0.1) is 7.11 Å². The van der Waals surface area contributed by atoms with Crippen LogP contribution in [0.3, 0.4) is 0 Å². The van der Waals surface area contributed by atoms with Crippen LogP contribution in [0.2, 0.25) is 0 Å². The number of carbonyl (C=O) groups is 1. The van der Waals surface area contributed by atoms with Crippen molar-refractivity contribution in [3.63, 3.8) is 0 Å². The molecule has 4 rings (SSSR count). The second kappa shape index (κ2) is 9.40. The van der Waals surface area contributed by atoms with E-state index < -0.39 is 0 Å². The highest BCUT2D eigenvalue weighted by Crippen LogP contribution is 2.32. The molecule has 1 amide bonds. The molecule has 0 saturated heterocycles. The molecule has 32 heavy (non-hydrogen) atoms. The Kier molecular flexibility index (Phi) is 6.23. The van der Waals surface area contributed by atoms with Crippen LogP contribution in [0, 0.1) is 0 Å². The lowest BCUT2D eigenvalue weighted by Crippen LogP contribution is -2.13. The molecular formula is C24H24N6O2. The number of hydrogen-bond donors (Lipinski definition) is 2. The lowest BCUT2D eigenvalue weighted by molar-refractivity contribution is -0.111. The number of anilines is 1. The fourth-order valence-corrected chi connectivity index (χ4v) is 3.31. The van der Waals surface area contributed by atoms with Gasteiger partial charge in [0.25, 0.3) is 0 Å². The number of hydrogen-bond acceptors (Lipinski definition) is 6. The summed E-state index contributed by atoms with van der Waals surface area (Å²) in [6.45, 7) is 0.689. The molecule has 8 heteroatoms. The van der Waals surface area contributed by atoms with Crippen molar-refractivity contribution in [3.8, 4) is 28.1 Å². The summed E-state index contributed by atoms with van der Waals surface area (Å²) in [5.41, 5.74) is 4.59. The summed E-state index contributed by atoms with van der Waals surface area (Å²) in [5, 5.41) is 3.78. The van der Waals surface area contributed by atoms with Crippen LogP contribution in [-0.4, -0.2) is 58.5 Å². The minimum absolute atomic E-state index is 0.218. The fourth-order valence-electron chi connectivity index (χ4n) is 3.31. The molecule has 0 aromatic carbocycles. The molecule has 0 aliphatic carbocycles. The van der Waals surface area contributed by atoms with Gasteiger partial charge in [-0.25, -0.2) is 15.0 Å². The van der Waals surface area contributed by atoms with Crippen molar-refractivity contribution in [2.45, 2.75) is 0 Å². The Hall–Kier alpha value is -4.04. The number of methoxy groups -OCH3 is 1. The summed E-state index contributed by atoms with van der Waals surface area (Å²) in [6.07, 6.45) is 10.4. The fraction of sp³-hybridized carbons (Fsp3) is 0.167. The van der Waals surface area contributed by atoms with E-state index in [2.05, 4.69) is 31.3 Å². The Morgan fingerprint density at radius 3 is 2.72 bits per heavy atom. The molecule has 0 atom stereocenters. The van der Waals surface area contributed by atoms with Crippen LogP contribution in [0.25, 0.3) is 33.3 Å². The number of nitrogens with zero attached hydrogens (tertiary/aromatic N) is 4. The number of aromatic amines is 1. The third-order valence-electron chi connectivity index (χ3n) is 4.87. The molecule has 4 heterocycles. The predicted octanol–water partition coefficient (Wildman–Crippen LogP) is 3.75. The zero-order valence-corrected chi connectivity index (χ0v) is 18.2. The highest BCUT2D eigenvalue weighted by molar-refractivity contribution is 5.99. The van der Waals surface area contributed by atoms with Gasteiger partial charge in [0.15, 0.2) is 0 Å². The Morgan fingerprint density at radius 2 is 1.91 bits per heavy atom. The second-order valence-corrected chi connectivity index (χ2v) is 7.49. The van der Waals surface area contributed by atoms with Crippen molar-refractivity contribution in [3.05, 3.63) is 67.3 Å². The molecule has 0 unspecified atom stereocenters. The number of nitrogens with one attached hydrogen (secondary N) is 2. The van der Waals surface area contributed by atoms with Crippen molar-refractivity contribution in [1.82, 2.24) is 24.8 Å². The largest absolute Gasteiger partial charge is 0.481 e. The van der Waals surface area contributed by atoms with Crippen molar-refractivity contribution in [2.24, 2.45) is 0 Å². The van der Waals surface area contributed by atoms with Crippen LogP contribution in [0.1, 0.15) is 0 Å². The first-order valence-corrected chi connectivity index (χ1v) is 10.1. The Balaban J connectivity index is 1.62. The first kappa shape index (κ1) is 21.2. The van der Waals surface area contributed by atoms with Gasteiger partial charge in [0.2, 0.25) is 11.8 Å². The minimum atomic E-state index is -0.218. The van der Waals surface area contributed by atoms with Gasteiger partial charge in [0.1, 0.15) is 11.5 Å². The molecule has 162 valence electrons. The average Bonchev–Trinajstić information content (AvgIpc) is 3.22. The van der Waals surface area contributed by atoms with Gasteiger partial charge >= 0.3 is 0 Å². The van der Waals surface area contributed by atoms with Gasteiger partial charge in [-0.15, -0.1) is 0 Å². The summed E-state index contributed by atoms with van der Waals surface area (Å²) in [7, 11) is 5.48. The first-order chi connectivity index (χ1) is 15.5. The van der Waals surface area contributed by atoms with Crippen LogP contribution >= 0.6 is 0 Å². The Labute approximate surface area is 186 Å². The smallest absolute Gasteiger partial charge is 0.249 e. The average molecular weight is 428 g/mol. The molecule has 4 aromatic rings. The zero-order valence-electron chi connectivity index (χ0n) is 18.2. The van der Waals surface area contributed by atoms with E-state index in [9.17, 15) is 4.79 Å². The SMILES string of the molecule is COc1cc(-c2c[nH]c3ncc(-c4ccnc(NC(=O)C=CCN(C)C)c4)cc23)ccn1. The third kappa shape index (κ3) is 4.81. The quantitative estimate of drug-likeness (QED) is 0.435. The molecule has 0 aliphatic rings. The monoisotopic (exact) mass is 428 g/mol. The van der Waals surface area contributed by atoms with Crippen LogP contribution in [0.4, 0.5) is 5.82 Å². The zero-order chi connectivity index (χ0) is 22.5. The third-order valence-corrected chi connectivity index (χ3v) is 4.87. The molecule has 0 spiro atoms. The maximum absolute atomic E-state index is 12.1. The number of amides is 1. The number of H-pyrrole nitrogens is 1. The predicted molar refractivity (Wildman–Crippen MR) is 125 cm³/mol. The van der Waals surface area contributed by atoms with E-state index in [1.165, 1.54) is 6.08 Å². The van der Waals surface area contributed by atoms with Crippen LogP contribution in [-0.2, 0) is 4.79 Å². The number of ether oxygens (including phenoxy) is 1. The second-order valence-electron chi connectivity index (χ2n) is 7.49. The lowest BCUT2D eigenvalue weighted by Gasteiger charge is -2.07. The standard InChI is InChI=1S/C24H24N6O2/c1-30(2)10-4-5-22(31)29-21-12-16(6-8-25-21)18-11-19-20(15-28-24(19)27-14-18)17-7-9-26-23(13-17)32-3/h4-9,11-15H,10H2,1-3H3,(H,27,28)(H,25,29,31). The van der Waals surface area contributed by atoms with Crippen LogP contribution < -0.4 is 10.1 Å². The maximum atomic E-state index is 12.1. The molecule has 0 radical (unpaired) electrons. The summed E-state index contributed by atoms with van der Waals surface area (Å²) in [4.78, 5) is 30.3. The van der Waals surface area contributed by atoms with E-state index in [1.807, 2.05) is 49.5 Å². The van der Waals surface area contributed by atoms with Crippen LogP contribution in [0.5, 0.6) is 5.88 Å². The van der Waals surface area contributed by atoms with E-state index in [1.54, 1.807) is 31.8 Å². The number of rotatable bonds is 7. The molecule has 0 aliphatic heterocycles. The van der Waals surface area contributed by atoms with Crippen molar-refractivity contribution in [2.75, 3.05) is 33.1 Å². The molecule has 0 saturated carbocycles. The van der Waals surface area contributed by atoms with Gasteiger partial charge < -0.3 is 19.9 Å². The van der Waals surface area contributed by atoms with Crippen molar-refractivity contribution in [1.29, 1.82) is 0 Å². The van der Waals surface area contributed by atoms with Gasteiger partial charge in [-0.3, -0.25) is 4.79 Å². The molecule has 8 nitrogen and oxygen atoms in total. The molecular weight excluding hydrogens is 404 g/mol. The molecule has 0 bridgehead atoms. The van der Waals surface area contributed by atoms with Crippen molar-refractivity contribution >= 4 is 22.8 Å². The summed E-state index contributed by atoms with van der Waals surface area (Å²) in [6, 6.07) is 9.62. The van der Waals surface area contributed by atoms with Crippen LogP contribution in [0.15, 0.2) is 67.3 Å². The maximum Gasteiger partial charge on any atom is 0.249 e. The Bertz CT molecular complexity index is 1280. The topological polar surface area (TPSA) is 96.0 Å². The van der Waals surface area contributed by atoms with Gasteiger partial charge in [0, 0.05) is 60.0 Å². The highest BCUT2D eigenvalue weighted by Gasteiger charge is 2.11. The first-order valence-electron chi connectivity index (χ1n) is 10.1. The van der Waals surface area contributed by atoms with E-state index in [0.29, 0.717) is 18.2 Å². The highest BCUT2D eigenvalue weighted by atomic mass is 16.5. The summed E-state index contributed by atoms with van der Waals surface area (Å²) >= 11 is 0.